The molecule has 1 heterocycles. The molecule has 0 amide bonds. The lowest BCUT2D eigenvalue weighted by atomic mass is 10.1. The molecule has 2 N–H and O–H groups in total. The number of rotatable bonds is 3. The Labute approximate surface area is 95.2 Å². The van der Waals surface area contributed by atoms with Gasteiger partial charge in [0.1, 0.15) is 0 Å². The van der Waals surface area contributed by atoms with Gasteiger partial charge in [0, 0.05) is 18.4 Å². The van der Waals surface area contributed by atoms with Crippen LogP contribution in [0.2, 0.25) is 0 Å². The normalized spacial score (nSPS) is 13.1. The first kappa shape index (κ1) is 10.6. The molecule has 1 atom stereocenters. The van der Waals surface area contributed by atoms with Crippen LogP contribution in [0.3, 0.4) is 0 Å². The van der Waals surface area contributed by atoms with Crippen molar-refractivity contribution in [2.75, 3.05) is 0 Å². The van der Waals surface area contributed by atoms with Crippen molar-refractivity contribution in [1.29, 1.82) is 0 Å². The number of hydrogen-bond acceptors (Lipinski definition) is 2. The van der Waals surface area contributed by atoms with Gasteiger partial charge in [-0.3, -0.25) is 0 Å². The molecule has 2 rings (SSSR count). The van der Waals surface area contributed by atoms with Gasteiger partial charge in [0.25, 0.3) is 0 Å². The molecule has 0 bridgehead atoms. The summed E-state index contributed by atoms with van der Waals surface area (Å²) in [5.74, 6) is 0. The Kier molecular flexibility index (Phi) is 3.17. The fourth-order valence-corrected chi connectivity index (χ4v) is 1.50. The molecule has 0 fully saturated rings. The summed E-state index contributed by atoms with van der Waals surface area (Å²) < 4.78 is 1.85. The average molecular weight is 213 g/mol. The molecule has 0 saturated heterocycles. The van der Waals surface area contributed by atoms with E-state index < -0.39 is 0 Å². The van der Waals surface area contributed by atoms with Crippen molar-refractivity contribution in [2.24, 2.45) is 5.73 Å². The van der Waals surface area contributed by atoms with Crippen molar-refractivity contribution in [3.8, 4) is 5.69 Å². The molecule has 0 aliphatic heterocycles. The molecule has 1 unspecified atom stereocenters. The van der Waals surface area contributed by atoms with Crippen LogP contribution in [0.4, 0.5) is 0 Å². The van der Waals surface area contributed by atoms with Crippen LogP contribution in [-0.2, 0) is 0 Å². The van der Waals surface area contributed by atoms with Gasteiger partial charge >= 0.3 is 0 Å². The molecule has 1 aromatic carbocycles. The topological polar surface area (TPSA) is 43.8 Å². The van der Waals surface area contributed by atoms with Crippen molar-refractivity contribution >= 4 is 6.08 Å². The maximum atomic E-state index is 5.70. The van der Waals surface area contributed by atoms with Crippen LogP contribution < -0.4 is 5.73 Å². The van der Waals surface area contributed by atoms with E-state index in [-0.39, 0.29) is 6.04 Å². The van der Waals surface area contributed by atoms with E-state index in [0.717, 1.165) is 11.3 Å². The smallest absolute Gasteiger partial charge is 0.0717 e. The molecule has 0 spiro atoms. The minimum atomic E-state index is 0.0608. The minimum absolute atomic E-state index is 0.0608. The van der Waals surface area contributed by atoms with Gasteiger partial charge in [0.2, 0.25) is 0 Å². The summed E-state index contributed by atoms with van der Waals surface area (Å²) in [6, 6.07) is 10.1. The van der Waals surface area contributed by atoms with E-state index >= 15 is 0 Å². The van der Waals surface area contributed by atoms with Crippen molar-refractivity contribution in [2.45, 2.75) is 13.0 Å². The number of hydrogen-bond donors (Lipinski definition) is 1. The number of benzene rings is 1. The standard InChI is InChI=1S/C13H15N3/c1-11(14)7-8-12-5-2-3-6-13(12)16-10-4-9-15-16/h2-11H,14H2,1H3/b8-7+. The van der Waals surface area contributed by atoms with E-state index in [1.165, 1.54) is 0 Å². The highest BCUT2D eigenvalue weighted by Crippen LogP contribution is 2.14. The molecule has 0 saturated carbocycles. The van der Waals surface area contributed by atoms with Crippen LogP contribution in [-0.4, -0.2) is 15.8 Å². The fraction of sp³-hybridized carbons (Fsp3) is 0.154. The third-order valence-electron chi connectivity index (χ3n) is 2.27. The van der Waals surface area contributed by atoms with E-state index in [9.17, 15) is 0 Å². The number of para-hydroxylation sites is 1. The van der Waals surface area contributed by atoms with E-state index in [4.69, 9.17) is 5.73 Å². The molecule has 3 heteroatoms. The van der Waals surface area contributed by atoms with Crippen LogP contribution in [0.1, 0.15) is 12.5 Å². The fourth-order valence-electron chi connectivity index (χ4n) is 1.50. The number of nitrogens with two attached hydrogens (primary N) is 1. The third kappa shape index (κ3) is 2.38. The monoisotopic (exact) mass is 213 g/mol. The zero-order valence-electron chi connectivity index (χ0n) is 9.25. The lowest BCUT2D eigenvalue weighted by molar-refractivity contribution is 0.877. The van der Waals surface area contributed by atoms with Crippen molar-refractivity contribution in [3.63, 3.8) is 0 Å². The van der Waals surface area contributed by atoms with E-state index in [2.05, 4.69) is 11.2 Å². The summed E-state index contributed by atoms with van der Waals surface area (Å²) in [5.41, 5.74) is 7.87. The first-order valence-corrected chi connectivity index (χ1v) is 5.30. The second kappa shape index (κ2) is 4.77. The molecule has 16 heavy (non-hydrogen) atoms. The largest absolute Gasteiger partial charge is 0.325 e. The SMILES string of the molecule is CC(N)/C=C/c1ccccc1-n1cccn1. The first-order chi connectivity index (χ1) is 7.77. The van der Waals surface area contributed by atoms with Gasteiger partial charge < -0.3 is 5.73 Å². The van der Waals surface area contributed by atoms with E-state index in [0.29, 0.717) is 0 Å². The second-order valence-electron chi connectivity index (χ2n) is 3.73. The molecule has 0 aliphatic rings. The maximum absolute atomic E-state index is 5.70. The highest BCUT2D eigenvalue weighted by Gasteiger charge is 2.00. The van der Waals surface area contributed by atoms with Crippen molar-refractivity contribution in [3.05, 3.63) is 54.4 Å². The highest BCUT2D eigenvalue weighted by molar-refractivity contribution is 5.60. The van der Waals surface area contributed by atoms with Gasteiger partial charge in [-0.15, -0.1) is 0 Å². The Morgan fingerprint density at radius 2 is 2.12 bits per heavy atom. The predicted octanol–water partition coefficient (Wildman–Crippen LogP) is 2.23. The van der Waals surface area contributed by atoms with Crippen molar-refractivity contribution in [1.82, 2.24) is 9.78 Å². The van der Waals surface area contributed by atoms with Crippen molar-refractivity contribution < 1.29 is 0 Å². The van der Waals surface area contributed by atoms with Crippen LogP contribution in [0.15, 0.2) is 48.8 Å². The van der Waals surface area contributed by atoms with Gasteiger partial charge in [-0.25, -0.2) is 4.68 Å². The summed E-state index contributed by atoms with van der Waals surface area (Å²) in [5, 5.41) is 4.23. The van der Waals surface area contributed by atoms with E-state index in [1.54, 1.807) is 6.20 Å². The highest BCUT2D eigenvalue weighted by atomic mass is 15.3. The van der Waals surface area contributed by atoms with Gasteiger partial charge in [-0.2, -0.15) is 5.10 Å². The van der Waals surface area contributed by atoms with Gasteiger partial charge in [-0.1, -0.05) is 30.4 Å². The van der Waals surface area contributed by atoms with Gasteiger partial charge in [0.05, 0.1) is 5.69 Å². The summed E-state index contributed by atoms with van der Waals surface area (Å²) in [6.07, 6.45) is 7.70. The Balaban J connectivity index is 2.39. The van der Waals surface area contributed by atoms with Gasteiger partial charge in [-0.05, 0) is 24.6 Å². The predicted molar refractivity (Wildman–Crippen MR) is 66.2 cm³/mol. The Morgan fingerprint density at radius 3 is 2.81 bits per heavy atom. The van der Waals surface area contributed by atoms with Crippen LogP contribution in [0.5, 0.6) is 0 Å². The quantitative estimate of drug-likeness (QED) is 0.849. The average Bonchev–Trinajstić information content (AvgIpc) is 2.80. The summed E-state index contributed by atoms with van der Waals surface area (Å²) in [7, 11) is 0. The second-order valence-corrected chi connectivity index (χ2v) is 3.73. The summed E-state index contributed by atoms with van der Waals surface area (Å²) in [6.45, 7) is 1.95. The molecule has 0 aliphatic carbocycles. The summed E-state index contributed by atoms with van der Waals surface area (Å²) >= 11 is 0. The minimum Gasteiger partial charge on any atom is -0.325 e. The third-order valence-corrected chi connectivity index (χ3v) is 2.27. The molecule has 3 nitrogen and oxygen atoms in total. The van der Waals surface area contributed by atoms with Crippen LogP contribution in [0, 0.1) is 0 Å². The zero-order valence-corrected chi connectivity index (χ0v) is 9.25. The Bertz CT molecular complexity index is 470. The van der Waals surface area contributed by atoms with Gasteiger partial charge in [0.15, 0.2) is 0 Å². The molecule has 82 valence electrons. The molecular formula is C13H15N3. The number of nitrogens with zero attached hydrogens (tertiary/aromatic N) is 2. The number of aromatic nitrogens is 2. The van der Waals surface area contributed by atoms with Crippen LogP contribution in [0.25, 0.3) is 11.8 Å². The maximum Gasteiger partial charge on any atom is 0.0717 e. The van der Waals surface area contributed by atoms with Crippen LogP contribution >= 0.6 is 0 Å². The molecule has 2 aromatic rings. The lowest BCUT2D eigenvalue weighted by Gasteiger charge is -2.06. The van der Waals surface area contributed by atoms with E-state index in [1.807, 2.05) is 54.2 Å². The molecular weight excluding hydrogens is 198 g/mol. The first-order valence-electron chi connectivity index (χ1n) is 5.30. The molecule has 1 aromatic heterocycles. The Hall–Kier alpha value is -1.87. The summed E-state index contributed by atoms with van der Waals surface area (Å²) in [4.78, 5) is 0. The zero-order chi connectivity index (χ0) is 11.4. The molecule has 0 radical (unpaired) electrons. The Morgan fingerprint density at radius 1 is 1.31 bits per heavy atom. The lowest BCUT2D eigenvalue weighted by Crippen LogP contribution is -2.10.